The van der Waals surface area contributed by atoms with E-state index in [2.05, 4.69) is 31.2 Å². The van der Waals surface area contributed by atoms with E-state index in [-0.39, 0.29) is 11.9 Å². The van der Waals surface area contributed by atoms with Crippen LogP contribution in [0.25, 0.3) is 10.8 Å². The predicted molar refractivity (Wildman–Crippen MR) is 90.6 cm³/mol. The fourth-order valence-corrected chi connectivity index (χ4v) is 3.40. The monoisotopic (exact) mass is 296 g/mol. The lowest BCUT2D eigenvalue weighted by atomic mass is 9.90. The van der Waals surface area contributed by atoms with Gasteiger partial charge in [0.15, 0.2) is 0 Å². The quantitative estimate of drug-likeness (QED) is 0.946. The highest BCUT2D eigenvalue weighted by Crippen LogP contribution is 2.22. The molecular weight excluding hydrogens is 272 g/mol. The first-order valence-electron chi connectivity index (χ1n) is 8.15. The van der Waals surface area contributed by atoms with Crippen LogP contribution < -0.4 is 5.73 Å². The zero-order valence-corrected chi connectivity index (χ0v) is 13.2. The second-order valence-corrected chi connectivity index (χ2v) is 6.39. The number of nitrogens with two attached hydrogens (primary N) is 1. The molecule has 1 amide bonds. The van der Waals surface area contributed by atoms with E-state index < -0.39 is 0 Å². The average Bonchev–Trinajstić information content (AvgIpc) is 2.55. The Labute approximate surface area is 132 Å². The number of hydrogen-bond donors (Lipinski definition) is 1. The van der Waals surface area contributed by atoms with Crippen LogP contribution in [0.3, 0.4) is 0 Å². The van der Waals surface area contributed by atoms with Gasteiger partial charge < -0.3 is 10.6 Å². The third-order valence-corrected chi connectivity index (χ3v) is 4.86. The van der Waals surface area contributed by atoms with Gasteiger partial charge in [0.05, 0.1) is 6.42 Å². The molecule has 1 fully saturated rings. The van der Waals surface area contributed by atoms with Gasteiger partial charge >= 0.3 is 0 Å². The van der Waals surface area contributed by atoms with Crippen molar-refractivity contribution in [2.24, 2.45) is 11.7 Å². The summed E-state index contributed by atoms with van der Waals surface area (Å²) in [5, 5.41) is 2.38. The highest BCUT2D eigenvalue weighted by atomic mass is 16.2. The van der Waals surface area contributed by atoms with Crippen LogP contribution >= 0.6 is 0 Å². The Morgan fingerprint density at radius 2 is 1.86 bits per heavy atom. The van der Waals surface area contributed by atoms with E-state index in [0.29, 0.717) is 12.3 Å². The minimum absolute atomic E-state index is 0.232. The summed E-state index contributed by atoms with van der Waals surface area (Å²) in [6, 6.07) is 14.7. The minimum atomic E-state index is 0.232. The van der Waals surface area contributed by atoms with Gasteiger partial charge in [0, 0.05) is 19.1 Å². The molecule has 3 nitrogen and oxygen atoms in total. The molecule has 1 aliphatic rings. The van der Waals surface area contributed by atoms with Gasteiger partial charge in [-0.2, -0.15) is 0 Å². The molecule has 1 unspecified atom stereocenters. The number of piperidine rings is 1. The topological polar surface area (TPSA) is 46.3 Å². The number of fused-ring (bicyclic) bond motifs is 1. The van der Waals surface area contributed by atoms with Gasteiger partial charge in [0.1, 0.15) is 0 Å². The molecule has 2 aromatic carbocycles. The zero-order valence-electron chi connectivity index (χ0n) is 13.2. The SMILES string of the molecule is CC(N)C1CCN(C(=O)Cc2cccc3ccccc23)CC1. The second-order valence-electron chi connectivity index (χ2n) is 6.39. The van der Waals surface area contributed by atoms with Crippen molar-refractivity contribution >= 4 is 16.7 Å². The number of amides is 1. The maximum atomic E-state index is 12.6. The van der Waals surface area contributed by atoms with Crippen molar-refractivity contribution in [2.45, 2.75) is 32.2 Å². The molecule has 0 spiro atoms. The number of hydrogen-bond acceptors (Lipinski definition) is 2. The third-order valence-electron chi connectivity index (χ3n) is 4.86. The van der Waals surface area contributed by atoms with Gasteiger partial charge in [-0.05, 0) is 42.0 Å². The molecule has 0 bridgehead atoms. The fraction of sp³-hybridized carbons (Fsp3) is 0.421. The van der Waals surface area contributed by atoms with Crippen molar-refractivity contribution in [1.29, 1.82) is 0 Å². The van der Waals surface area contributed by atoms with Crippen LogP contribution in [0.5, 0.6) is 0 Å². The lowest BCUT2D eigenvalue weighted by Crippen LogP contribution is -2.43. The van der Waals surface area contributed by atoms with Crippen LogP contribution in [0.2, 0.25) is 0 Å². The zero-order chi connectivity index (χ0) is 15.5. The Morgan fingerprint density at radius 3 is 2.59 bits per heavy atom. The fourth-order valence-electron chi connectivity index (χ4n) is 3.40. The molecule has 0 aromatic heterocycles. The van der Waals surface area contributed by atoms with E-state index in [1.165, 1.54) is 10.8 Å². The summed E-state index contributed by atoms with van der Waals surface area (Å²) in [4.78, 5) is 14.6. The Kier molecular flexibility index (Phi) is 4.44. The Morgan fingerprint density at radius 1 is 1.18 bits per heavy atom. The summed E-state index contributed by atoms with van der Waals surface area (Å²) < 4.78 is 0. The Balaban J connectivity index is 1.69. The molecule has 116 valence electrons. The summed E-state index contributed by atoms with van der Waals surface area (Å²) in [6.07, 6.45) is 2.54. The molecule has 1 atom stereocenters. The number of rotatable bonds is 3. The lowest BCUT2D eigenvalue weighted by molar-refractivity contribution is -0.131. The summed E-state index contributed by atoms with van der Waals surface area (Å²) in [6.45, 7) is 3.75. The van der Waals surface area contributed by atoms with Crippen molar-refractivity contribution in [3.8, 4) is 0 Å². The van der Waals surface area contributed by atoms with E-state index in [9.17, 15) is 4.79 Å². The standard InChI is InChI=1S/C19H24N2O/c1-14(20)15-9-11-21(12-10-15)19(22)13-17-7-4-6-16-5-2-3-8-18(16)17/h2-8,14-15H,9-13,20H2,1H3. The van der Waals surface area contributed by atoms with Crippen LogP contribution in [0.1, 0.15) is 25.3 Å². The number of nitrogens with zero attached hydrogens (tertiary/aromatic N) is 1. The van der Waals surface area contributed by atoms with E-state index >= 15 is 0 Å². The summed E-state index contributed by atoms with van der Waals surface area (Å²) >= 11 is 0. The van der Waals surface area contributed by atoms with Gasteiger partial charge in [-0.15, -0.1) is 0 Å². The molecule has 2 aromatic rings. The average molecular weight is 296 g/mol. The molecule has 0 aliphatic carbocycles. The minimum Gasteiger partial charge on any atom is -0.342 e. The molecule has 0 saturated carbocycles. The second kappa shape index (κ2) is 6.49. The summed E-state index contributed by atoms with van der Waals surface area (Å²) in [5.74, 6) is 0.793. The molecule has 1 aliphatic heterocycles. The first kappa shape index (κ1) is 15.0. The summed E-state index contributed by atoms with van der Waals surface area (Å²) in [5.41, 5.74) is 7.09. The van der Waals surface area contributed by atoms with Gasteiger partial charge in [-0.1, -0.05) is 42.5 Å². The van der Waals surface area contributed by atoms with Gasteiger partial charge in [-0.3, -0.25) is 4.79 Å². The van der Waals surface area contributed by atoms with Crippen molar-refractivity contribution in [2.75, 3.05) is 13.1 Å². The van der Waals surface area contributed by atoms with Crippen molar-refractivity contribution < 1.29 is 4.79 Å². The largest absolute Gasteiger partial charge is 0.342 e. The van der Waals surface area contributed by atoms with Crippen molar-refractivity contribution in [3.05, 3.63) is 48.0 Å². The Hall–Kier alpha value is -1.87. The highest BCUT2D eigenvalue weighted by molar-refractivity contribution is 5.90. The number of carbonyl (C=O) groups excluding carboxylic acids is 1. The van der Waals surface area contributed by atoms with Crippen LogP contribution in [0, 0.1) is 5.92 Å². The third kappa shape index (κ3) is 3.14. The molecule has 0 radical (unpaired) electrons. The normalized spacial score (nSPS) is 17.6. The smallest absolute Gasteiger partial charge is 0.227 e. The first-order valence-corrected chi connectivity index (χ1v) is 8.15. The number of benzene rings is 2. The molecule has 3 rings (SSSR count). The van der Waals surface area contributed by atoms with E-state index in [1.54, 1.807) is 0 Å². The molecule has 1 saturated heterocycles. The van der Waals surface area contributed by atoms with E-state index in [1.807, 2.05) is 23.1 Å². The van der Waals surface area contributed by atoms with Gasteiger partial charge in [0.25, 0.3) is 0 Å². The first-order chi connectivity index (χ1) is 10.6. The highest BCUT2D eigenvalue weighted by Gasteiger charge is 2.24. The molecule has 22 heavy (non-hydrogen) atoms. The van der Waals surface area contributed by atoms with Crippen molar-refractivity contribution in [3.63, 3.8) is 0 Å². The molecule has 2 N–H and O–H groups in total. The summed E-state index contributed by atoms with van der Waals surface area (Å²) in [7, 11) is 0. The molecular formula is C19H24N2O. The maximum absolute atomic E-state index is 12.6. The Bertz CT molecular complexity index is 652. The van der Waals surface area contributed by atoms with Crippen LogP contribution in [0.4, 0.5) is 0 Å². The maximum Gasteiger partial charge on any atom is 0.227 e. The van der Waals surface area contributed by atoms with Crippen LogP contribution in [0.15, 0.2) is 42.5 Å². The van der Waals surface area contributed by atoms with Crippen LogP contribution in [-0.4, -0.2) is 29.9 Å². The number of carbonyl (C=O) groups is 1. The van der Waals surface area contributed by atoms with Gasteiger partial charge in [0.2, 0.25) is 5.91 Å². The van der Waals surface area contributed by atoms with E-state index in [4.69, 9.17) is 5.73 Å². The lowest BCUT2D eigenvalue weighted by Gasteiger charge is -2.33. The van der Waals surface area contributed by atoms with Gasteiger partial charge in [-0.25, -0.2) is 0 Å². The molecule has 3 heteroatoms. The van der Waals surface area contributed by atoms with E-state index in [0.717, 1.165) is 31.5 Å². The predicted octanol–water partition coefficient (Wildman–Crippen LogP) is 2.97. The number of likely N-dealkylation sites (tertiary alicyclic amines) is 1. The van der Waals surface area contributed by atoms with Crippen LogP contribution in [-0.2, 0) is 11.2 Å². The van der Waals surface area contributed by atoms with Crippen molar-refractivity contribution in [1.82, 2.24) is 4.90 Å². The molecule has 1 heterocycles.